The van der Waals surface area contributed by atoms with Gasteiger partial charge in [-0.25, -0.2) is 13.2 Å². The molecular weight excluding hydrogens is 398 g/mol. The van der Waals surface area contributed by atoms with Crippen molar-refractivity contribution >= 4 is 21.6 Å². The van der Waals surface area contributed by atoms with Crippen LogP contribution in [0.2, 0.25) is 0 Å². The van der Waals surface area contributed by atoms with Crippen LogP contribution in [0.1, 0.15) is 44.6 Å². The van der Waals surface area contributed by atoms with E-state index < -0.39 is 28.2 Å². The van der Waals surface area contributed by atoms with Crippen LogP contribution in [-0.2, 0) is 14.6 Å². The number of sulfone groups is 1. The molecule has 1 aromatic carbocycles. The molecule has 0 unspecified atom stereocenters. The van der Waals surface area contributed by atoms with Crippen LogP contribution in [0.3, 0.4) is 0 Å². The van der Waals surface area contributed by atoms with Crippen LogP contribution in [0.25, 0.3) is 0 Å². The van der Waals surface area contributed by atoms with Gasteiger partial charge in [-0.2, -0.15) is 0 Å². The fourth-order valence-electron chi connectivity index (χ4n) is 3.70. The standard InChI is InChI=1S/C20H23NO7S/c1-12-8-17(13(2)21(12)14-6-7-29(25,26)11-14)19(23)10-28-20(24)16-5-4-15(27-3)9-18(16)22/h4-5,8-9,14,22H,6-7,10-11H2,1-3H3/t14-/m0/s1. The van der Waals surface area contributed by atoms with E-state index in [1.54, 1.807) is 13.0 Å². The summed E-state index contributed by atoms with van der Waals surface area (Å²) >= 11 is 0. The highest BCUT2D eigenvalue weighted by Gasteiger charge is 2.31. The van der Waals surface area contributed by atoms with Gasteiger partial charge in [0.25, 0.3) is 0 Å². The summed E-state index contributed by atoms with van der Waals surface area (Å²) in [6.45, 7) is 3.08. The lowest BCUT2D eigenvalue weighted by Crippen LogP contribution is -2.17. The lowest BCUT2D eigenvalue weighted by molar-refractivity contribution is 0.0471. The lowest BCUT2D eigenvalue weighted by Gasteiger charge is -2.16. The molecule has 0 saturated carbocycles. The average molecular weight is 421 g/mol. The van der Waals surface area contributed by atoms with Crippen LogP contribution in [0.4, 0.5) is 0 Å². The van der Waals surface area contributed by atoms with Crippen molar-refractivity contribution in [2.45, 2.75) is 26.3 Å². The maximum atomic E-state index is 12.6. The van der Waals surface area contributed by atoms with Gasteiger partial charge in [0.2, 0.25) is 5.78 Å². The van der Waals surface area contributed by atoms with E-state index >= 15 is 0 Å². The van der Waals surface area contributed by atoms with E-state index in [1.165, 1.54) is 25.3 Å². The highest BCUT2D eigenvalue weighted by atomic mass is 32.2. The van der Waals surface area contributed by atoms with Crippen molar-refractivity contribution in [2.24, 2.45) is 0 Å². The first-order chi connectivity index (χ1) is 13.6. The summed E-state index contributed by atoms with van der Waals surface area (Å²) < 4.78 is 35.5. The van der Waals surface area contributed by atoms with E-state index in [1.807, 2.05) is 11.5 Å². The van der Waals surface area contributed by atoms with Crippen molar-refractivity contribution in [3.63, 3.8) is 0 Å². The van der Waals surface area contributed by atoms with Gasteiger partial charge in [-0.05, 0) is 38.5 Å². The summed E-state index contributed by atoms with van der Waals surface area (Å²) in [6.07, 6.45) is 0.512. The zero-order valence-electron chi connectivity index (χ0n) is 16.5. The average Bonchev–Trinajstić information content (AvgIpc) is 3.17. The van der Waals surface area contributed by atoms with Gasteiger partial charge in [-0.3, -0.25) is 4.79 Å². The molecular formula is C20H23NO7S. The zero-order valence-corrected chi connectivity index (χ0v) is 17.3. The van der Waals surface area contributed by atoms with Crippen molar-refractivity contribution in [1.29, 1.82) is 0 Å². The Balaban J connectivity index is 1.72. The van der Waals surface area contributed by atoms with E-state index in [2.05, 4.69) is 0 Å². The number of aryl methyl sites for hydroxylation is 1. The van der Waals surface area contributed by atoms with Gasteiger partial charge in [0, 0.05) is 29.1 Å². The van der Waals surface area contributed by atoms with E-state index in [0.717, 1.165) is 5.69 Å². The van der Waals surface area contributed by atoms with Gasteiger partial charge in [0.05, 0.1) is 18.6 Å². The Hall–Kier alpha value is -2.81. The number of phenols is 1. The molecule has 0 aliphatic carbocycles. The number of Topliss-reactive ketones (excluding diaryl/α,β-unsaturated/α-hetero) is 1. The zero-order chi connectivity index (χ0) is 21.3. The van der Waals surface area contributed by atoms with Crippen LogP contribution >= 0.6 is 0 Å². The molecule has 1 aliphatic heterocycles. The van der Waals surface area contributed by atoms with Crippen molar-refractivity contribution < 1.29 is 32.6 Å². The molecule has 2 aromatic rings. The second kappa shape index (κ2) is 7.90. The number of ether oxygens (including phenoxy) is 2. The number of phenolic OH excluding ortho intramolecular Hbond substituents is 1. The quantitative estimate of drug-likeness (QED) is 0.562. The summed E-state index contributed by atoms with van der Waals surface area (Å²) in [4.78, 5) is 24.8. The van der Waals surface area contributed by atoms with Crippen LogP contribution in [0.5, 0.6) is 11.5 Å². The van der Waals surface area contributed by atoms with E-state index in [9.17, 15) is 23.1 Å². The van der Waals surface area contributed by atoms with E-state index in [4.69, 9.17) is 9.47 Å². The van der Waals surface area contributed by atoms with Crippen LogP contribution < -0.4 is 4.74 Å². The van der Waals surface area contributed by atoms with Gasteiger partial charge in [-0.1, -0.05) is 0 Å². The van der Waals surface area contributed by atoms with Gasteiger partial charge in [0.1, 0.15) is 17.1 Å². The van der Waals surface area contributed by atoms with Crippen LogP contribution in [-0.4, -0.2) is 55.1 Å². The topological polar surface area (TPSA) is 112 Å². The number of ketones is 1. The van der Waals surface area contributed by atoms with Crippen molar-refractivity contribution in [2.75, 3.05) is 25.2 Å². The molecule has 8 nitrogen and oxygen atoms in total. The Morgan fingerprint density at radius 1 is 1.21 bits per heavy atom. The number of benzene rings is 1. The van der Waals surface area contributed by atoms with Crippen LogP contribution in [0.15, 0.2) is 24.3 Å². The third-order valence-electron chi connectivity index (χ3n) is 5.12. The largest absolute Gasteiger partial charge is 0.507 e. The number of methoxy groups -OCH3 is 1. The number of hydrogen-bond acceptors (Lipinski definition) is 7. The molecule has 2 heterocycles. The Kier molecular flexibility index (Phi) is 5.70. The van der Waals surface area contributed by atoms with Gasteiger partial charge < -0.3 is 19.1 Å². The molecule has 1 fully saturated rings. The Morgan fingerprint density at radius 3 is 2.52 bits per heavy atom. The number of carbonyl (C=O) groups excluding carboxylic acids is 2. The molecule has 1 aliphatic rings. The van der Waals surface area contributed by atoms with Crippen molar-refractivity contribution in [3.05, 3.63) is 46.8 Å². The maximum absolute atomic E-state index is 12.6. The number of carbonyl (C=O) groups is 2. The summed E-state index contributed by atoms with van der Waals surface area (Å²) in [5.74, 6) is -0.941. The van der Waals surface area contributed by atoms with Crippen molar-refractivity contribution in [3.8, 4) is 11.5 Å². The SMILES string of the molecule is COc1ccc(C(=O)OCC(=O)c2cc(C)n([C@H]3CCS(=O)(=O)C3)c2C)c(O)c1. The molecule has 3 rings (SSSR count). The summed E-state index contributed by atoms with van der Waals surface area (Å²) in [6, 6.07) is 5.62. The molecule has 1 atom stereocenters. The monoisotopic (exact) mass is 421 g/mol. The first kappa shape index (κ1) is 20.9. The van der Waals surface area contributed by atoms with E-state index in [0.29, 0.717) is 23.4 Å². The second-order valence-electron chi connectivity index (χ2n) is 7.09. The third-order valence-corrected chi connectivity index (χ3v) is 6.87. The molecule has 0 spiro atoms. The lowest BCUT2D eigenvalue weighted by atomic mass is 10.1. The number of hydrogen-bond donors (Lipinski definition) is 1. The fourth-order valence-corrected chi connectivity index (χ4v) is 5.40. The normalized spacial score (nSPS) is 17.8. The minimum Gasteiger partial charge on any atom is -0.507 e. The molecule has 0 bridgehead atoms. The number of esters is 1. The number of aromatic hydroxyl groups is 1. The highest BCUT2D eigenvalue weighted by Crippen LogP contribution is 2.29. The maximum Gasteiger partial charge on any atom is 0.342 e. The predicted octanol–water partition coefficient (Wildman–Crippen LogP) is 2.22. The molecule has 1 aromatic heterocycles. The molecule has 0 radical (unpaired) electrons. The Morgan fingerprint density at radius 2 is 1.93 bits per heavy atom. The molecule has 29 heavy (non-hydrogen) atoms. The first-order valence-electron chi connectivity index (χ1n) is 9.09. The molecule has 9 heteroatoms. The highest BCUT2D eigenvalue weighted by molar-refractivity contribution is 7.91. The van der Waals surface area contributed by atoms with Gasteiger partial charge >= 0.3 is 5.97 Å². The van der Waals surface area contributed by atoms with E-state index in [-0.39, 0.29) is 28.9 Å². The van der Waals surface area contributed by atoms with Crippen LogP contribution in [0, 0.1) is 13.8 Å². The van der Waals surface area contributed by atoms with Crippen molar-refractivity contribution in [1.82, 2.24) is 4.57 Å². The second-order valence-corrected chi connectivity index (χ2v) is 9.32. The number of nitrogens with zero attached hydrogens (tertiary/aromatic N) is 1. The molecule has 1 saturated heterocycles. The minimum atomic E-state index is -3.06. The third kappa shape index (κ3) is 4.29. The molecule has 0 amide bonds. The molecule has 156 valence electrons. The number of rotatable bonds is 6. The number of aromatic nitrogens is 1. The Labute approximate surface area is 169 Å². The van der Waals surface area contributed by atoms with Gasteiger partial charge in [0.15, 0.2) is 16.4 Å². The molecule has 1 N–H and O–H groups in total. The summed E-state index contributed by atoms with van der Waals surface area (Å²) in [5.41, 5.74) is 1.75. The summed E-state index contributed by atoms with van der Waals surface area (Å²) in [7, 11) is -1.62. The smallest absolute Gasteiger partial charge is 0.342 e. The minimum absolute atomic E-state index is 0.0583. The fraction of sp³-hybridized carbons (Fsp3) is 0.400. The first-order valence-corrected chi connectivity index (χ1v) is 10.9. The predicted molar refractivity (Wildman–Crippen MR) is 105 cm³/mol. The Bertz CT molecular complexity index is 1070. The summed E-state index contributed by atoms with van der Waals surface area (Å²) in [5, 5.41) is 9.90. The van der Waals surface area contributed by atoms with Gasteiger partial charge in [-0.15, -0.1) is 0 Å².